The van der Waals surface area contributed by atoms with E-state index in [1.54, 1.807) is 29.5 Å². The highest BCUT2D eigenvalue weighted by Gasteiger charge is 2.34. The quantitative estimate of drug-likeness (QED) is 0.557. The lowest BCUT2D eigenvalue weighted by Crippen LogP contribution is -2.19. The van der Waals surface area contributed by atoms with Crippen LogP contribution in [0.15, 0.2) is 6.20 Å². The summed E-state index contributed by atoms with van der Waals surface area (Å²) in [6.45, 7) is 1.78. The molecule has 1 aromatic rings. The first-order valence-corrected chi connectivity index (χ1v) is 6.49. The molecule has 1 aromatic heterocycles. The zero-order chi connectivity index (χ0) is 15.3. The van der Waals surface area contributed by atoms with Gasteiger partial charge in [-0.25, -0.2) is 0 Å². The van der Waals surface area contributed by atoms with E-state index >= 15 is 0 Å². The fourth-order valence-electron chi connectivity index (χ4n) is 1.39. The molecule has 0 aliphatic heterocycles. The van der Waals surface area contributed by atoms with Crippen molar-refractivity contribution in [1.29, 1.82) is 0 Å². The third kappa shape index (κ3) is 4.69. The molecule has 0 amide bonds. The molecule has 1 rings (SSSR count). The van der Waals surface area contributed by atoms with Gasteiger partial charge in [-0.05, 0) is 29.5 Å². The molecule has 0 bridgehead atoms. The van der Waals surface area contributed by atoms with Gasteiger partial charge in [0.15, 0.2) is 11.5 Å². The van der Waals surface area contributed by atoms with Crippen LogP contribution in [0, 0.1) is 3.57 Å². The molecule has 112 valence electrons. The molecule has 0 radical (unpaired) electrons. The summed E-state index contributed by atoms with van der Waals surface area (Å²) in [7, 11) is 1.17. The molecule has 1 heterocycles. The van der Waals surface area contributed by atoms with Crippen LogP contribution < -0.4 is 9.47 Å². The Morgan fingerprint density at radius 1 is 1.40 bits per heavy atom. The van der Waals surface area contributed by atoms with Crippen LogP contribution in [-0.4, -0.2) is 31.0 Å². The van der Waals surface area contributed by atoms with Crippen molar-refractivity contribution in [2.45, 2.75) is 19.7 Å². The predicted octanol–water partition coefficient (Wildman–Crippen LogP) is 2.70. The monoisotopic (exact) mass is 405 g/mol. The predicted molar refractivity (Wildman–Crippen MR) is 70.5 cm³/mol. The standard InChI is InChI=1S/C11H11F3INO4/c1-3-19-8(17)4-7-10(18-2)9(6(15)5-16-7)20-11(12,13)14/h5H,3-4H2,1-2H3. The first kappa shape index (κ1) is 16.8. The van der Waals surface area contributed by atoms with Crippen LogP contribution in [0.1, 0.15) is 12.6 Å². The Morgan fingerprint density at radius 3 is 2.55 bits per heavy atom. The Bertz CT molecular complexity index is 493. The second kappa shape index (κ2) is 6.95. The molecule has 20 heavy (non-hydrogen) atoms. The molecular weight excluding hydrogens is 394 g/mol. The van der Waals surface area contributed by atoms with E-state index in [0.29, 0.717) is 0 Å². The van der Waals surface area contributed by atoms with Gasteiger partial charge in [0.05, 0.1) is 29.4 Å². The molecule has 0 N–H and O–H groups in total. The van der Waals surface area contributed by atoms with Gasteiger partial charge in [0.2, 0.25) is 0 Å². The van der Waals surface area contributed by atoms with Crippen LogP contribution in [-0.2, 0) is 16.0 Å². The lowest BCUT2D eigenvalue weighted by molar-refractivity contribution is -0.275. The van der Waals surface area contributed by atoms with Gasteiger partial charge in [-0.15, -0.1) is 13.2 Å². The summed E-state index contributed by atoms with van der Waals surface area (Å²) in [6, 6.07) is 0. The highest BCUT2D eigenvalue weighted by Crippen LogP contribution is 2.38. The van der Waals surface area contributed by atoms with E-state index in [1.807, 2.05) is 0 Å². The van der Waals surface area contributed by atoms with E-state index in [-0.39, 0.29) is 28.0 Å². The average Bonchev–Trinajstić information content (AvgIpc) is 2.32. The van der Waals surface area contributed by atoms with Gasteiger partial charge in [-0.3, -0.25) is 9.78 Å². The van der Waals surface area contributed by atoms with Gasteiger partial charge in [0.1, 0.15) is 0 Å². The van der Waals surface area contributed by atoms with E-state index in [9.17, 15) is 18.0 Å². The maximum absolute atomic E-state index is 12.4. The minimum Gasteiger partial charge on any atom is -0.491 e. The maximum atomic E-state index is 12.4. The number of aromatic nitrogens is 1. The zero-order valence-corrected chi connectivity index (χ0v) is 12.7. The summed E-state index contributed by atoms with van der Waals surface area (Å²) in [6.07, 6.45) is -4.00. The zero-order valence-electron chi connectivity index (χ0n) is 10.6. The molecule has 0 saturated carbocycles. The number of pyridine rings is 1. The van der Waals surface area contributed by atoms with E-state index < -0.39 is 18.1 Å². The first-order chi connectivity index (χ1) is 9.28. The van der Waals surface area contributed by atoms with Crippen molar-refractivity contribution >= 4 is 28.6 Å². The van der Waals surface area contributed by atoms with Gasteiger partial charge >= 0.3 is 12.3 Å². The minimum absolute atomic E-state index is 0.0191. The van der Waals surface area contributed by atoms with E-state index in [2.05, 4.69) is 9.72 Å². The molecule has 9 heteroatoms. The summed E-state index contributed by atoms with van der Waals surface area (Å²) in [4.78, 5) is 15.3. The number of rotatable bonds is 5. The van der Waals surface area contributed by atoms with E-state index in [4.69, 9.17) is 9.47 Å². The second-order valence-electron chi connectivity index (χ2n) is 3.44. The third-order valence-electron chi connectivity index (χ3n) is 2.06. The van der Waals surface area contributed by atoms with Crippen molar-refractivity contribution in [2.24, 2.45) is 0 Å². The van der Waals surface area contributed by atoms with Crippen molar-refractivity contribution in [1.82, 2.24) is 4.98 Å². The van der Waals surface area contributed by atoms with Crippen molar-refractivity contribution in [2.75, 3.05) is 13.7 Å². The number of hydrogen-bond donors (Lipinski definition) is 0. The van der Waals surface area contributed by atoms with Crippen LogP contribution in [0.4, 0.5) is 13.2 Å². The lowest BCUT2D eigenvalue weighted by atomic mass is 10.2. The van der Waals surface area contributed by atoms with E-state index in [0.717, 1.165) is 0 Å². The van der Waals surface area contributed by atoms with Gasteiger partial charge in [-0.2, -0.15) is 0 Å². The molecule has 0 aliphatic rings. The molecule has 5 nitrogen and oxygen atoms in total. The SMILES string of the molecule is CCOC(=O)Cc1ncc(I)c(OC(F)(F)F)c1OC. The number of halogens is 4. The highest BCUT2D eigenvalue weighted by atomic mass is 127. The van der Waals surface area contributed by atoms with Crippen LogP contribution in [0.3, 0.4) is 0 Å². The molecule has 0 aliphatic carbocycles. The summed E-state index contributed by atoms with van der Waals surface area (Å²) < 4.78 is 50.7. The van der Waals surface area contributed by atoms with E-state index in [1.165, 1.54) is 13.3 Å². The number of alkyl halides is 3. The smallest absolute Gasteiger partial charge is 0.491 e. The summed E-state index contributed by atoms with van der Waals surface area (Å²) >= 11 is 1.63. The fraction of sp³-hybridized carbons (Fsp3) is 0.455. The number of methoxy groups -OCH3 is 1. The number of hydrogen-bond acceptors (Lipinski definition) is 5. The lowest BCUT2D eigenvalue weighted by Gasteiger charge is -2.16. The minimum atomic E-state index is -4.87. The van der Waals surface area contributed by atoms with Crippen molar-refractivity contribution in [3.8, 4) is 11.5 Å². The summed E-state index contributed by atoms with van der Waals surface area (Å²) in [5.74, 6) is -1.37. The number of ether oxygens (including phenoxy) is 3. The van der Waals surface area contributed by atoms with Crippen LogP contribution in [0.5, 0.6) is 11.5 Å². The Labute approximate surface area is 126 Å². The largest absolute Gasteiger partial charge is 0.573 e. The third-order valence-corrected chi connectivity index (χ3v) is 2.83. The van der Waals surface area contributed by atoms with Crippen molar-refractivity contribution in [3.63, 3.8) is 0 Å². The van der Waals surface area contributed by atoms with Crippen LogP contribution in [0.2, 0.25) is 0 Å². The highest BCUT2D eigenvalue weighted by molar-refractivity contribution is 14.1. The normalized spacial score (nSPS) is 11.1. The Kier molecular flexibility index (Phi) is 5.84. The average molecular weight is 405 g/mol. The fourth-order valence-corrected chi connectivity index (χ4v) is 1.88. The second-order valence-corrected chi connectivity index (χ2v) is 4.61. The summed E-state index contributed by atoms with van der Waals surface area (Å²) in [5.41, 5.74) is 0.0191. The van der Waals surface area contributed by atoms with Crippen LogP contribution >= 0.6 is 22.6 Å². The summed E-state index contributed by atoms with van der Waals surface area (Å²) in [5, 5.41) is 0. The molecule has 0 fully saturated rings. The van der Waals surface area contributed by atoms with Crippen molar-refractivity contribution in [3.05, 3.63) is 15.5 Å². The molecule has 0 spiro atoms. The first-order valence-electron chi connectivity index (χ1n) is 5.41. The molecule has 0 unspecified atom stereocenters. The van der Waals surface area contributed by atoms with Gasteiger partial charge in [-0.1, -0.05) is 0 Å². The molecule has 0 aromatic carbocycles. The maximum Gasteiger partial charge on any atom is 0.573 e. The Balaban J connectivity index is 3.14. The van der Waals surface area contributed by atoms with Gasteiger partial charge < -0.3 is 14.2 Å². The number of nitrogens with zero attached hydrogens (tertiary/aromatic N) is 1. The number of esters is 1. The molecular formula is C11H11F3INO4. The van der Waals surface area contributed by atoms with Gasteiger partial charge in [0.25, 0.3) is 0 Å². The Hall–Kier alpha value is -1.26. The van der Waals surface area contributed by atoms with Crippen LogP contribution in [0.25, 0.3) is 0 Å². The number of carbonyl (C=O) groups excluding carboxylic acids is 1. The van der Waals surface area contributed by atoms with Gasteiger partial charge in [0, 0.05) is 6.20 Å². The topological polar surface area (TPSA) is 57.7 Å². The molecule has 0 saturated heterocycles. The Morgan fingerprint density at radius 2 is 2.05 bits per heavy atom. The number of carbonyl (C=O) groups is 1. The molecule has 0 atom stereocenters. The van der Waals surface area contributed by atoms with Crippen molar-refractivity contribution < 1.29 is 32.2 Å².